The molecule has 0 saturated heterocycles. The van der Waals surface area contributed by atoms with Crippen molar-refractivity contribution in [2.24, 2.45) is 0 Å². The van der Waals surface area contributed by atoms with E-state index in [9.17, 15) is 9.59 Å². The molecule has 0 atom stereocenters. The number of carbonyl (C=O) groups excluding carboxylic acids is 1. The van der Waals surface area contributed by atoms with Crippen molar-refractivity contribution in [1.29, 1.82) is 0 Å². The molecule has 6 heteroatoms. The Morgan fingerprint density at radius 2 is 1.74 bits per heavy atom. The molecule has 0 aliphatic rings. The third kappa shape index (κ3) is 4.53. The number of carbonyl (C=O) groups is 1. The largest absolute Gasteiger partial charge is 0.352 e. The van der Waals surface area contributed by atoms with Crippen LogP contribution in [0.2, 0.25) is 0 Å². The molecule has 0 spiro atoms. The molecule has 1 amide bonds. The lowest BCUT2D eigenvalue weighted by atomic mass is 10.0. The molecule has 0 aliphatic carbocycles. The van der Waals surface area contributed by atoms with E-state index in [1.807, 2.05) is 81.8 Å². The van der Waals surface area contributed by atoms with Gasteiger partial charge in [-0.05, 0) is 69.9 Å². The molecule has 0 fully saturated rings. The predicted octanol–water partition coefficient (Wildman–Crippen LogP) is 4.69. The number of aryl methyl sites for hydroxylation is 5. The minimum Gasteiger partial charge on any atom is -0.352 e. The minimum atomic E-state index is -0.0605. The maximum Gasteiger partial charge on any atom is 0.255 e. The van der Waals surface area contributed by atoms with Gasteiger partial charge >= 0.3 is 0 Å². The molecule has 6 nitrogen and oxygen atoms in total. The Labute approximate surface area is 200 Å². The van der Waals surface area contributed by atoms with Gasteiger partial charge in [0.25, 0.3) is 5.56 Å². The number of amides is 1. The first kappa shape index (κ1) is 23.5. The quantitative estimate of drug-likeness (QED) is 0.439. The lowest BCUT2D eigenvalue weighted by Crippen LogP contribution is -2.28. The van der Waals surface area contributed by atoms with Crippen LogP contribution >= 0.6 is 0 Å². The second kappa shape index (κ2) is 9.67. The highest BCUT2D eigenvalue weighted by molar-refractivity contribution is 5.85. The second-order valence-electron chi connectivity index (χ2n) is 8.95. The van der Waals surface area contributed by atoms with Gasteiger partial charge in [-0.3, -0.25) is 14.2 Å². The maximum absolute atomic E-state index is 13.5. The average Bonchev–Trinajstić information content (AvgIpc) is 3.16. The number of benzene rings is 2. The molecule has 0 aliphatic heterocycles. The van der Waals surface area contributed by atoms with Gasteiger partial charge in [-0.25, -0.2) is 4.68 Å². The lowest BCUT2D eigenvalue weighted by Gasteiger charge is -2.15. The zero-order valence-corrected chi connectivity index (χ0v) is 20.6. The standard InChI is InChI=1S/C28H32N4O2/c1-6-31-27-26(21(5)30-32(27)23-9-7-8-19(3)16-23)20(4)24(28(31)34)14-15-25(33)29-17-22-12-10-18(2)11-13-22/h7-13,16H,6,14-15,17H2,1-5H3,(H,29,33). The van der Waals surface area contributed by atoms with E-state index in [2.05, 4.69) is 11.4 Å². The van der Waals surface area contributed by atoms with E-state index in [1.54, 1.807) is 4.57 Å². The Balaban J connectivity index is 1.64. The molecule has 0 unspecified atom stereocenters. The Bertz CT molecular complexity index is 1410. The van der Waals surface area contributed by atoms with Gasteiger partial charge in [0.1, 0.15) is 5.65 Å². The first-order valence-electron chi connectivity index (χ1n) is 11.8. The molecule has 2 aromatic heterocycles. The average molecular weight is 457 g/mol. The van der Waals surface area contributed by atoms with Crippen LogP contribution in [0.15, 0.2) is 53.3 Å². The maximum atomic E-state index is 13.5. The number of rotatable bonds is 7. The smallest absolute Gasteiger partial charge is 0.255 e. The van der Waals surface area contributed by atoms with Crippen LogP contribution in [-0.2, 0) is 24.3 Å². The van der Waals surface area contributed by atoms with Gasteiger partial charge in [-0.15, -0.1) is 0 Å². The van der Waals surface area contributed by atoms with Crippen LogP contribution < -0.4 is 10.9 Å². The first-order chi connectivity index (χ1) is 16.3. The molecule has 2 aromatic carbocycles. The molecule has 176 valence electrons. The molecule has 2 heterocycles. The van der Waals surface area contributed by atoms with Gasteiger partial charge in [0.05, 0.1) is 11.4 Å². The van der Waals surface area contributed by atoms with E-state index in [1.165, 1.54) is 5.56 Å². The van der Waals surface area contributed by atoms with Crippen LogP contribution in [0.5, 0.6) is 0 Å². The Kier molecular flexibility index (Phi) is 6.68. The Hall–Kier alpha value is -3.67. The summed E-state index contributed by atoms with van der Waals surface area (Å²) in [4.78, 5) is 26.1. The summed E-state index contributed by atoms with van der Waals surface area (Å²) in [5, 5.41) is 8.75. The van der Waals surface area contributed by atoms with Gasteiger partial charge < -0.3 is 5.32 Å². The topological polar surface area (TPSA) is 68.9 Å². The summed E-state index contributed by atoms with van der Waals surface area (Å²) in [6, 6.07) is 16.2. The summed E-state index contributed by atoms with van der Waals surface area (Å²) in [5.41, 5.74) is 7.54. The summed E-state index contributed by atoms with van der Waals surface area (Å²) in [5.74, 6) is -0.0605. The van der Waals surface area contributed by atoms with Crippen molar-refractivity contribution in [3.8, 4) is 5.69 Å². The van der Waals surface area contributed by atoms with Crippen molar-refractivity contribution >= 4 is 16.9 Å². The number of nitrogens with one attached hydrogen (secondary N) is 1. The van der Waals surface area contributed by atoms with Gasteiger partial charge in [-0.2, -0.15) is 5.10 Å². The van der Waals surface area contributed by atoms with Crippen molar-refractivity contribution in [2.75, 3.05) is 0 Å². The SMILES string of the molecule is CCn1c(=O)c(CCC(=O)NCc2ccc(C)cc2)c(C)c2c(C)nn(-c3cccc(C)c3)c21. The molecule has 34 heavy (non-hydrogen) atoms. The predicted molar refractivity (Wildman–Crippen MR) is 137 cm³/mol. The number of fused-ring (bicyclic) bond motifs is 1. The Morgan fingerprint density at radius 3 is 2.41 bits per heavy atom. The van der Waals surface area contributed by atoms with Crippen molar-refractivity contribution in [1.82, 2.24) is 19.7 Å². The Morgan fingerprint density at radius 1 is 1.00 bits per heavy atom. The van der Waals surface area contributed by atoms with E-state index in [4.69, 9.17) is 5.10 Å². The van der Waals surface area contributed by atoms with Gasteiger partial charge in [-0.1, -0.05) is 42.0 Å². The van der Waals surface area contributed by atoms with Crippen molar-refractivity contribution in [3.05, 3.63) is 92.4 Å². The van der Waals surface area contributed by atoms with Gasteiger partial charge in [0, 0.05) is 30.5 Å². The molecule has 0 saturated carbocycles. The fourth-order valence-electron chi connectivity index (χ4n) is 4.53. The fraction of sp³-hybridized carbons (Fsp3) is 0.321. The number of pyridine rings is 1. The molecular formula is C28H32N4O2. The van der Waals surface area contributed by atoms with E-state index >= 15 is 0 Å². The fourth-order valence-corrected chi connectivity index (χ4v) is 4.53. The lowest BCUT2D eigenvalue weighted by molar-refractivity contribution is -0.121. The molecular weight excluding hydrogens is 424 g/mol. The second-order valence-corrected chi connectivity index (χ2v) is 8.95. The summed E-state index contributed by atoms with van der Waals surface area (Å²) in [7, 11) is 0. The van der Waals surface area contributed by atoms with Crippen molar-refractivity contribution in [3.63, 3.8) is 0 Å². The normalized spacial score (nSPS) is 11.2. The van der Waals surface area contributed by atoms with Crippen LogP contribution in [0.1, 0.15) is 46.9 Å². The highest BCUT2D eigenvalue weighted by atomic mass is 16.1. The van der Waals surface area contributed by atoms with Crippen molar-refractivity contribution in [2.45, 2.75) is 60.5 Å². The van der Waals surface area contributed by atoms with E-state index in [0.29, 0.717) is 25.1 Å². The third-order valence-electron chi connectivity index (χ3n) is 6.40. The van der Waals surface area contributed by atoms with Gasteiger partial charge in [0.2, 0.25) is 5.91 Å². The highest BCUT2D eigenvalue weighted by Crippen LogP contribution is 2.26. The number of hydrogen-bond acceptors (Lipinski definition) is 3. The van der Waals surface area contributed by atoms with Gasteiger partial charge in [0.15, 0.2) is 0 Å². The van der Waals surface area contributed by atoms with Crippen LogP contribution in [-0.4, -0.2) is 20.3 Å². The van der Waals surface area contributed by atoms with Crippen LogP contribution in [0.3, 0.4) is 0 Å². The van der Waals surface area contributed by atoms with E-state index < -0.39 is 0 Å². The van der Waals surface area contributed by atoms with Crippen LogP contribution in [0, 0.1) is 27.7 Å². The molecule has 4 aromatic rings. The molecule has 0 radical (unpaired) electrons. The van der Waals surface area contributed by atoms with Crippen molar-refractivity contribution < 1.29 is 4.79 Å². The molecule has 1 N–H and O–H groups in total. The van der Waals surface area contributed by atoms with E-state index in [0.717, 1.165) is 39.1 Å². The minimum absolute atomic E-state index is 0.0485. The molecule has 4 rings (SSSR count). The zero-order valence-electron chi connectivity index (χ0n) is 20.6. The summed E-state index contributed by atoms with van der Waals surface area (Å²) >= 11 is 0. The summed E-state index contributed by atoms with van der Waals surface area (Å²) in [6.45, 7) is 11.0. The number of aromatic nitrogens is 3. The highest BCUT2D eigenvalue weighted by Gasteiger charge is 2.21. The summed E-state index contributed by atoms with van der Waals surface area (Å²) in [6.07, 6.45) is 0.664. The monoisotopic (exact) mass is 456 g/mol. The molecule has 0 bridgehead atoms. The van der Waals surface area contributed by atoms with E-state index in [-0.39, 0.29) is 17.9 Å². The first-order valence-corrected chi connectivity index (χ1v) is 11.8. The third-order valence-corrected chi connectivity index (χ3v) is 6.40. The number of hydrogen-bond donors (Lipinski definition) is 1. The summed E-state index contributed by atoms with van der Waals surface area (Å²) < 4.78 is 3.65. The van der Waals surface area contributed by atoms with Crippen LogP contribution in [0.4, 0.5) is 0 Å². The van der Waals surface area contributed by atoms with Crippen LogP contribution in [0.25, 0.3) is 16.7 Å². The zero-order chi connectivity index (χ0) is 24.4. The number of nitrogens with zero attached hydrogens (tertiary/aromatic N) is 3.